The first-order chi connectivity index (χ1) is 19.0. The number of nitrogens with one attached hydrogen (secondary N) is 1. The molecule has 4 aromatic rings. The summed E-state index contributed by atoms with van der Waals surface area (Å²) in [7, 11) is -1.16. The fraction of sp³-hybridized carbons (Fsp3) is 0.333. The van der Waals surface area contributed by atoms with Gasteiger partial charge in [-0.25, -0.2) is 18.4 Å². The van der Waals surface area contributed by atoms with Gasteiger partial charge in [0, 0.05) is 30.2 Å². The van der Waals surface area contributed by atoms with Gasteiger partial charge in [-0.1, -0.05) is 30.3 Å². The van der Waals surface area contributed by atoms with Crippen LogP contribution in [0.5, 0.6) is 11.5 Å². The summed E-state index contributed by atoms with van der Waals surface area (Å²) >= 11 is 0. The maximum Gasteiger partial charge on any atom is 0.152 e. The number of aryl methyl sites for hydroxylation is 1. The quantitative estimate of drug-likeness (QED) is 0.262. The normalized spacial score (nSPS) is 15.2. The highest BCUT2D eigenvalue weighted by atomic mass is 32.2. The largest absolute Gasteiger partial charge is 0.496 e. The summed E-state index contributed by atoms with van der Waals surface area (Å²) in [5, 5.41) is 4.36. The molecule has 1 aliphatic rings. The molecule has 0 amide bonds. The molecular weight excluding hydrogens is 512 g/mol. The highest BCUT2D eigenvalue weighted by molar-refractivity contribution is 7.91. The van der Waals surface area contributed by atoms with E-state index < -0.39 is 9.84 Å². The third-order valence-corrected chi connectivity index (χ3v) is 8.62. The van der Waals surface area contributed by atoms with Gasteiger partial charge in [-0.05, 0) is 67.3 Å². The molecule has 1 fully saturated rings. The van der Waals surface area contributed by atoms with Crippen LogP contribution in [0.3, 0.4) is 0 Å². The van der Waals surface area contributed by atoms with Gasteiger partial charge in [0.1, 0.15) is 30.3 Å². The van der Waals surface area contributed by atoms with Gasteiger partial charge in [-0.2, -0.15) is 0 Å². The van der Waals surface area contributed by atoms with Crippen molar-refractivity contribution in [1.29, 1.82) is 0 Å². The van der Waals surface area contributed by atoms with Crippen molar-refractivity contribution < 1.29 is 17.9 Å². The number of nitrogens with zero attached hydrogens (tertiary/aromatic N) is 3. The lowest BCUT2D eigenvalue weighted by molar-refractivity contribution is 0.289. The minimum Gasteiger partial charge on any atom is -0.496 e. The van der Waals surface area contributed by atoms with E-state index in [0.29, 0.717) is 19.7 Å². The molecule has 204 valence electrons. The number of methoxy groups -OCH3 is 1. The second-order valence-corrected chi connectivity index (χ2v) is 12.1. The van der Waals surface area contributed by atoms with Crippen LogP contribution in [0.1, 0.15) is 24.0 Å². The van der Waals surface area contributed by atoms with E-state index in [2.05, 4.69) is 26.3 Å². The first kappa shape index (κ1) is 26.9. The Labute approximate surface area is 229 Å². The Kier molecular flexibility index (Phi) is 8.58. The van der Waals surface area contributed by atoms with Crippen LogP contribution in [0.15, 0.2) is 73.1 Å². The van der Waals surface area contributed by atoms with Crippen LogP contribution in [-0.4, -0.2) is 61.5 Å². The van der Waals surface area contributed by atoms with E-state index in [1.54, 1.807) is 13.4 Å². The molecule has 5 rings (SSSR count). The Morgan fingerprint density at radius 3 is 2.46 bits per heavy atom. The van der Waals surface area contributed by atoms with E-state index in [9.17, 15) is 8.42 Å². The summed E-state index contributed by atoms with van der Waals surface area (Å²) in [4.78, 5) is 11.2. The standard InChI is InChI=1S/C30H34N4O4S/c1-37-29-20-28-27(19-24(29)9-5-6-14-34-15-17-39(35,36)18-16-34)30(32-22-31-28)33-25-10-12-26(13-11-25)38-21-23-7-3-2-4-8-23/h2-4,7-8,10-13,19-20,22H,5-6,9,14-18,21H2,1H3,(H,31,32,33). The number of aromatic nitrogens is 2. The Bertz CT molecular complexity index is 1480. The summed E-state index contributed by atoms with van der Waals surface area (Å²) < 4.78 is 34.9. The maximum atomic E-state index is 11.7. The van der Waals surface area contributed by atoms with Gasteiger partial charge in [0.2, 0.25) is 0 Å². The Morgan fingerprint density at radius 2 is 1.72 bits per heavy atom. The van der Waals surface area contributed by atoms with Crippen LogP contribution in [0.25, 0.3) is 10.9 Å². The number of sulfone groups is 1. The van der Waals surface area contributed by atoms with Crippen molar-refractivity contribution in [3.05, 3.63) is 84.2 Å². The Morgan fingerprint density at radius 1 is 0.949 bits per heavy atom. The first-order valence-electron chi connectivity index (χ1n) is 13.3. The van der Waals surface area contributed by atoms with Crippen molar-refractivity contribution in [3.8, 4) is 11.5 Å². The summed E-state index contributed by atoms with van der Waals surface area (Å²) in [6.45, 7) is 2.70. The minimum absolute atomic E-state index is 0.269. The zero-order valence-corrected chi connectivity index (χ0v) is 23.0. The van der Waals surface area contributed by atoms with Crippen molar-refractivity contribution in [2.45, 2.75) is 25.9 Å². The Hall–Kier alpha value is -3.69. The van der Waals surface area contributed by atoms with E-state index in [4.69, 9.17) is 9.47 Å². The molecule has 0 unspecified atom stereocenters. The van der Waals surface area contributed by atoms with Crippen LogP contribution in [0, 0.1) is 0 Å². The molecule has 8 nitrogen and oxygen atoms in total. The summed E-state index contributed by atoms with van der Waals surface area (Å²) in [6.07, 6.45) is 4.38. The van der Waals surface area contributed by atoms with Gasteiger partial charge >= 0.3 is 0 Å². The van der Waals surface area contributed by atoms with Crippen molar-refractivity contribution in [2.75, 3.05) is 43.6 Å². The highest BCUT2D eigenvalue weighted by Crippen LogP contribution is 2.31. The maximum absolute atomic E-state index is 11.7. The lowest BCUT2D eigenvalue weighted by atomic mass is 10.0. The third-order valence-electron chi connectivity index (χ3n) is 7.01. The molecule has 0 bridgehead atoms. The van der Waals surface area contributed by atoms with Crippen molar-refractivity contribution >= 4 is 32.2 Å². The number of ether oxygens (including phenoxy) is 2. The number of benzene rings is 3. The fourth-order valence-electron chi connectivity index (χ4n) is 4.75. The van der Waals surface area contributed by atoms with Gasteiger partial charge in [0.05, 0.1) is 24.1 Å². The van der Waals surface area contributed by atoms with Gasteiger partial charge in [-0.15, -0.1) is 0 Å². The smallest absolute Gasteiger partial charge is 0.152 e. The molecule has 0 saturated carbocycles. The molecule has 2 heterocycles. The molecule has 1 N–H and O–H groups in total. The number of hydrogen-bond acceptors (Lipinski definition) is 8. The van der Waals surface area contributed by atoms with Crippen LogP contribution < -0.4 is 14.8 Å². The minimum atomic E-state index is -2.84. The van der Waals surface area contributed by atoms with E-state index in [0.717, 1.165) is 70.8 Å². The van der Waals surface area contributed by atoms with Crippen LogP contribution in [0.2, 0.25) is 0 Å². The second-order valence-electron chi connectivity index (χ2n) is 9.78. The van der Waals surface area contributed by atoms with E-state index in [-0.39, 0.29) is 11.5 Å². The number of unbranched alkanes of at least 4 members (excludes halogenated alkanes) is 1. The molecular formula is C30H34N4O4S. The average molecular weight is 547 g/mol. The number of anilines is 2. The zero-order chi connectivity index (χ0) is 27.1. The molecule has 1 aliphatic heterocycles. The van der Waals surface area contributed by atoms with Crippen molar-refractivity contribution in [3.63, 3.8) is 0 Å². The molecule has 1 aromatic heterocycles. The molecule has 39 heavy (non-hydrogen) atoms. The monoisotopic (exact) mass is 546 g/mol. The third kappa shape index (κ3) is 7.25. The second kappa shape index (κ2) is 12.4. The molecule has 0 spiro atoms. The predicted octanol–water partition coefficient (Wildman–Crippen LogP) is 5.01. The number of fused-ring (bicyclic) bond motifs is 1. The van der Waals surface area contributed by atoms with E-state index in [1.165, 1.54) is 0 Å². The van der Waals surface area contributed by atoms with Gasteiger partial charge < -0.3 is 19.7 Å². The first-order valence-corrected chi connectivity index (χ1v) is 15.1. The van der Waals surface area contributed by atoms with Crippen LogP contribution in [0.4, 0.5) is 11.5 Å². The molecule has 1 saturated heterocycles. The van der Waals surface area contributed by atoms with Gasteiger partial charge in [0.15, 0.2) is 9.84 Å². The number of rotatable bonds is 11. The topological polar surface area (TPSA) is 93.7 Å². The van der Waals surface area contributed by atoms with E-state index >= 15 is 0 Å². The zero-order valence-electron chi connectivity index (χ0n) is 22.2. The highest BCUT2D eigenvalue weighted by Gasteiger charge is 2.21. The molecule has 9 heteroatoms. The van der Waals surface area contributed by atoms with Crippen LogP contribution in [-0.2, 0) is 22.9 Å². The summed E-state index contributed by atoms with van der Waals surface area (Å²) in [6, 6.07) is 22.0. The van der Waals surface area contributed by atoms with Crippen molar-refractivity contribution in [1.82, 2.24) is 14.9 Å². The number of hydrogen-bond donors (Lipinski definition) is 1. The SMILES string of the molecule is COc1cc2ncnc(Nc3ccc(OCc4ccccc4)cc3)c2cc1CCCCN1CCS(=O)(=O)CC1. The summed E-state index contributed by atoms with van der Waals surface area (Å²) in [5.74, 6) is 2.89. The summed E-state index contributed by atoms with van der Waals surface area (Å²) in [5.41, 5.74) is 3.95. The lowest BCUT2D eigenvalue weighted by Crippen LogP contribution is -2.40. The van der Waals surface area contributed by atoms with Crippen molar-refractivity contribution in [2.24, 2.45) is 0 Å². The average Bonchev–Trinajstić information content (AvgIpc) is 2.96. The van der Waals surface area contributed by atoms with E-state index in [1.807, 2.05) is 60.7 Å². The molecule has 0 atom stereocenters. The molecule has 0 aliphatic carbocycles. The Balaban J connectivity index is 1.22. The molecule has 3 aromatic carbocycles. The molecule has 0 radical (unpaired) electrons. The predicted molar refractivity (Wildman–Crippen MR) is 155 cm³/mol. The fourth-order valence-corrected chi connectivity index (χ4v) is 6.03. The van der Waals surface area contributed by atoms with Gasteiger partial charge in [0.25, 0.3) is 0 Å². The van der Waals surface area contributed by atoms with Crippen LogP contribution >= 0.6 is 0 Å². The lowest BCUT2D eigenvalue weighted by Gasteiger charge is -2.26. The van der Waals surface area contributed by atoms with Gasteiger partial charge in [-0.3, -0.25) is 0 Å².